The fourth-order valence-electron chi connectivity index (χ4n) is 4.43. The minimum absolute atomic E-state index is 0.117. The predicted molar refractivity (Wildman–Crippen MR) is 137 cm³/mol. The van der Waals surface area contributed by atoms with Gasteiger partial charge in [0.1, 0.15) is 0 Å². The zero-order valence-electron chi connectivity index (χ0n) is 19.2. The SMILES string of the molecule is CSCCCS(=O)(=O)N1Cc2cc(C#N)ccc2N(Cc2c[nH]cn2)C[C@H]1Cc1ccccc1. The number of aromatic amines is 1. The summed E-state index contributed by atoms with van der Waals surface area (Å²) < 4.78 is 28.9. The molecule has 2 heterocycles. The molecular formula is C25H29N5O2S2. The number of nitrogens with one attached hydrogen (secondary N) is 1. The first-order valence-corrected chi connectivity index (χ1v) is 14.3. The van der Waals surface area contributed by atoms with Crippen molar-refractivity contribution in [3.05, 3.63) is 83.4 Å². The Balaban J connectivity index is 1.75. The molecule has 2 aromatic carbocycles. The number of fused-ring (bicyclic) bond motifs is 1. The molecule has 0 unspecified atom stereocenters. The van der Waals surface area contributed by atoms with Crippen LogP contribution in [0.15, 0.2) is 61.1 Å². The Bertz CT molecular complexity index is 1220. The number of thioether (sulfide) groups is 1. The predicted octanol–water partition coefficient (Wildman–Crippen LogP) is 3.80. The number of sulfonamides is 1. The lowest BCUT2D eigenvalue weighted by atomic mass is 10.1. The second kappa shape index (κ2) is 11.1. The van der Waals surface area contributed by atoms with Crippen LogP contribution < -0.4 is 4.90 Å². The first kappa shape index (κ1) is 24.3. The van der Waals surface area contributed by atoms with Gasteiger partial charge in [0, 0.05) is 31.0 Å². The molecular weight excluding hydrogens is 466 g/mol. The summed E-state index contributed by atoms with van der Waals surface area (Å²) in [4.78, 5) is 9.58. The van der Waals surface area contributed by atoms with E-state index in [2.05, 4.69) is 20.9 Å². The van der Waals surface area contributed by atoms with Crippen molar-refractivity contribution < 1.29 is 8.42 Å². The van der Waals surface area contributed by atoms with E-state index in [1.54, 1.807) is 28.5 Å². The monoisotopic (exact) mass is 495 g/mol. The van der Waals surface area contributed by atoms with Crippen LogP contribution in [0.25, 0.3) is 0 Å². The summed E-state index contributed by atoms with van der Waals surface area (Å²) in [6, 6.07) is 17.5. The third-order valence-corrected chi connectivity index (χ3v) is 8.69. The summed E-state index contributed by atoms with van der Waals surface area (Å²) in [6.45, 7) is 1.33. The summed E-state index contributed by atoms with van der Waals surface area (Å²) >= 11 is 1.66. The molecule has 0 saturated carbocycles. The zero-order chi connectivity index (χ0) is 24.0. The van der Waals surface area contributed by atoms with E-state index >= 15 is 0 Å². The number of rotatable bonds is 9. The van der Waals surface area contributed by atoms with Crippen LogP contribution in [0.3, 0.4) is 0 Å². The molecule has 0 bridgehead atoms. The van der Waals surface area contributed by atoms with Gasteiger partial charge in [0.15, 0.2) is 0 Å². The van der Waals surface area contributed by atoms with Gasteiger partial charge < -0.3 is 9.88 Å². The first-order valence-electron chi connectivity index (χ1n) is 11.3. The number of nitriles is 1. The standard InChI is InChI=1S/C25H29N5O2S2/c1-33-10-5-11-34(31,32)30-16-22-12-21(14-26)8-9-25(22)29(17-23-15-27-19-28-23)18-24(30)13-20-6-3-2-4-7-20/h2-4,6-9,12,15,19,24H,5,10-11,13,16-18H2,1H3,(H,27,28)/t24-/m1/s1. The molecule has 178 valence electrons. The maximum absolute atomic E-state index is 13.6. The topological polar surface area (TPSA) is 93.1 Å². The second-order valence-electron chi connectivity index (χ2n) is 8.45. The van der Waals surface area contributed by atoms with Gasteiger partial charge in [-0.1, -0.05) is 30.3 Å². The lowest BCUT2D eigenvalue weighted by molar-refractivity contribution is 0.318. The van der Waals surface area contributed by atoms with Gasteiger partial charge in [0.05, 0.1) is 36.0 Å². The van der Waals surface area contributed by atoms with E-state index < -0.39 is 10.0 Å². The first-order chi connectivity index (χ1) is 16.5. The smallest absolute Gasteiger partial charge is 0.214 e. The Labute approximate surface area is 205 Å². The number of imidazole rings is 1. The van der Waals surface area contributed by atoms with Crippen LogP contribution in [-0.4, -0.2) is 53.0 Å². The van der Waals surface area contributed by atoms with Gasteiger partial charge in [-0.15, -0.1) is 0 Å². The lowest BCUT2D eigenvalue weighted by Gasteiger charge is -2.32. The van der Waals surface area contributed by atoms with Gasteiger partial charge in [-0.05, 0) is 54.2 Å². The number of aromatic nitrogens is 2. The summed E-state index contributed by atoms with van der Waals surface area (Å²) in [5, 5.41) is 9.49. The van der Waals surface area contributed by atoms with E-state index in [9.17, 15) is 13.7 Å². The van der Waals surface area contributed by atoms with Crippen LogP contribution in [0.2, 0.25) is 0 Å². The Kier molecular flexibility index (Phi) is 7.93. The molecule has 4 rings (SSSR count). The highest BCUT2D eigenvalue weighted by molar-refractivity contribution is 7.98. The van der Waals surface area contributed by atoms with Gasteiger partial charge in [0.25, 0.3) is 0 Å². The molecule has 9 heteroatoms. The molecule has 1 atom stereocenters. The normalized spacial score (nSPS) is 16.6. The summed E-state index contributed by atoms with van der Waals surface area (Å²) in [6.07, 6.45) is 6.72. The van der Waals surface area contributed by atoms with E-state index in [1.807, 2.05) is 54.9 Å². The number of nitrogens with zero attached hydrogens (tertiary/aromatic N) is 4. The van der Waals surface area contributed by atoms with Crippen LogP contribution >= 0.6 is 11.8 Å². The number of hydrogen-bond donors (Lipinski definition) is 1. The van der Waals surface area contributed by atoms with Crippen LogP contribution in [0, 0.1) is 11.3 Å². The molecule has 1 N–H and O–H groups in total. The van der Waals surface area contributed by atoms with Crippen LogP contribution in [0.1, 0.15) is 28.8 Å². The van der Waals surface area contributed by atoms with E-state index in [0.717, 1.165) is 28.3 Å². The van der Waals surface area contributed by atoms with Crippen molar-refractivity contribution in [1.82, 2.24) is 14.3 Å². The Hall–Kier alpha value is -2.80. The highest BCUT2D eigenvalue weighted by atomic mass is 32.2. The van der Waals surface area contributed by atoms with Crippen molar-refractivity contribution in [1.29, 1.82) is 5.26 Å². The molecule has 0 amide bonds. The number of anilines is 1. The third kappa shape index (κ3) is 5.81. The van der Waals surface area contributed by atoms with Gasteiger partial charge in [-0.2, -0.15) is 21.3 Å². The minimum atomic E-state index is -3.51. The molecule has 0 spiro atoms. The van der Waals surface area contributed by atoms with Gasteiger partial charge >= 0.3 is 0 Å². The quantitative estimate of drug-likeness (QED) is 0.454. The van der Waals surface area contributed by atoms with Crippen molar-refractivity contribution in [3.8, 4) is 6.07 Å². The maximum Gasteiger partial charge on any atom is 0.214 e. The fraction of sp³-hybridized carbons (Fsp3) is 0.360. The average Bonchev–Trinajstić information content (AvgIpc) is 3.30. The molecule has 3 aromatic rings. The Morgan fingerprint density at radius 2 is 2.06 bits per heavy atom. The fourth-order valence-corrected chi connectivity index (χ4v) is 6.73. The molecule has 1 aliphatic rings. The number of H-pyrrole nitrogens is 1. The highest BCUT2D eigenvalue weighted by Crippen LogP contribution is 2.32. The van der Waals surface area contributed by atoms with Crippen molar-refractivity contribution in [3.63, 3.8) is 0 Å². The van der Waals surface area contributed by atoms with E-state index in [-0.39, 0.29) is 18.3 Å². The highest BCUT2D eigenvalue weighted by Gasteiger charge is 2.35. The Morgan fingerprint density at radius 3 is 2.76 bits per heavy atom. The summed E-state index contributed by atoms with van der Waals surface area (Å²) in [5.41, 5.74) is 4.30. The van der Waals surface area contributed by atoms with Gasteiger partial charge in [0.2, 0.25) is 10.0 Å². The van der Waals surface area contributed by atoms with Gasteiger partial charge in [-0.3, -0.25) is 0 Å². The van der Waals surface area contributed by atoms with E-state index in [0.29, 0.717) is 31.5 Å². The lowest BCUT2D eigenvalue weighted by Crippen LogP contribution is -2.46. The van der Waals surface area contributed by atoms with E-state index in [4.69, 9.17) is 0 Å². The molecule has 7 nitrogen and oxygen atoms in total. The molecule has 1 aromatic heterocycles. The number of benzene rings is 2. The Morgan fingerprint density at radius 1 is 1.24 bits per heavy atom. The largest absolute Gasteiger partial charge is 0.364 e. The summed E-state index contributed by atoms with van der Waals surface area (Å²) in [7, 11) is -3.51. The minimum Gasteiger partial charge on any atom is -0.364 e. The van der Waals surface area contributed by atoms with Crippen molar-refractivity contribution in [2.24, 2.45) is 0 Å². The van der Waals surface area contributed by atoms with Gasteiger partial charge in [-0.25, -0.2) is 13.4 Å². The number of hydrogen-bond acceptors (Lipinski definition) is 6. The molecule has 0 aliphatic carbocycles. The molecule has 1 aliphatic heterocycles. The van der Waals surface area contributed by atoms with Crippen LogP contribution in [0.4, 0.5) is 5.69 Å². The van der Waals surface area contributed by atoms with Crippen LogP contribution in [-0.2, 0) is 29.5 Å². The summed E-state index contributed by atoms with van der Waals surface area (Å²) in [5.74, 6) is 0.919. The molecule has 0 fully saturated rings. The zero-order valence-corrected chi connectivity index (χ0v) is 20.9. The molecule has 0 radical (unpaired) electrons. The van der Waals surface area contributed by atoms with Crippen molar-refractivity contribution >= 4 is 27.5 Å². The maximum atomic E-state index is 13.6. The molecule has 34 heavy (non-hydrogen) atoms. The van der Waals surface area contributed by atoms with E-state index in [1.165, 1.54) is 0 Å². The third-order valence-electron chi connectivity index (χ3n) is 6.04. The average molecular weight is 496 g/mol. The van der Waals surface area contributed by atoms with Crippen molar-refractivity contribution in [2.45, 2.75) is 32.0 Å². The van der Waals surface area contributed by atoms with Crippen molar-refractivity contribution in [2.75, 3.05) is 29.2 Å². The second-order valence-corrected chi connectivity index (χ2v) is 11.5. The molecule has 0 saturated heterocycles. The van der Waals surface area contributed by atoms with Crippen LogP contribution in [0.5, 0.6) is 0 Å².